The molecule has 19 heavy (non-hydrogen) atoms. The number of benzene rings is 1. The van der Waals surface area contributed by atoms with E-state index in [-0.39, 0.29) is 10.8 Å². The monoisotopic (exact) mass is 286 g/mol. The van der Waals surface area contributed by atoms with Crippen LogP contribution in [0.15, 0.2) is 29.2 Å². The Kier molecular flexibility index (Phi) is 4.99. The van der Waals surface area contributed by atoms with E-state index < -0.39 is 20.6 Å². The SMILES string of the molecule is CCCC(=O)Nc1ccc(S(=O)(=O)C[N+](=O)[O-])cc1. The van der Waals surface area contributed by atoms with Crippen LogP contribution in [0.5, 0.6) is 0 Å². The predicted molar refractivity (Wildman–Crippen MR) is 69.0 cm³/mol. The van der Waals surface area contributed by atoms with E-state index in [1.54, 1.807) is 0 Å². The fourth-order valence-electron chi connectivity index (χ4n) is 1.41. The number of nitrogens with zero attached hydrogens (tertiary/aromatic N) is 1. The molecule has 0 aromatic heterocycles. The molecule has 1 amide bonds. The Morgan fingerprint density at radius 1 is 1.32 bits per heavy atom. The van der Waals surface area contributed by atoms with E-state index >= 15 is 0 Å². The molecule has 0 spiro atoms. The minimum Gasteiger partial charge on any atom is -0.326 e. The lowest BCUT2D eigenvalue weighted by molar-refractivity contribution is -0.458. The van der Waals surface area contributed by atoms with Gasteiger partial charge in [-0.3, -0.25) is 14.9 Å². The molecule has 8 heteroatoms. The van der Waals surface area contributed by atoms with Crippen molar-refractivity contribution in [2.75, 3.05) is 11.2 Å². The van der Waals surface area contributed by atoms with Crippen LogP contribution in [0.1, 0.15) is 19.8 Å². The first-order valence-corrected chi connectivity index (χ1v) is 7.25. The topological polar surface area (TPSA) is 106 Å². The molecule has 0 bridgehead atoms. The molecule has 0 aliphatic rings. The molecular weight excluding hydrogens is 272 g/mol. The Bertz CT molecular complexity index is 565. The summed E-state index contributed by atoms with van der Waals surface area (Å²) in [6.07, 6.45) is 1.09. The van der Waals surface area contributed by atoms with Crippen molar-refractivity contribution in [3.63, 3.8) is 0 Å². The molecule has 1 rings (SSSR count). The normalized spacial score (nSPS) is 11.0. The first-order chi connectivity index (χ1) is 8.85. The lowest BCUT2D eigenvalue weighted by atomic mass is 10.3. The number of anilines is 1. The van der Waals surface area contributed by atoms with E-state index in [0.717, 1.165) is 0 Å². The summed E-state index contributed by atoms with van der Waals surface area (Å²) in [5.74, 6) is -1.31. The molecular formula is C11H14N2O5S. The summed E-state index contributed by atoms with van der Waals surface area (Å²) in [6, 6.07) is 5.28. The van der Waals surface area contributed by atoms with Crippen molar-refractivity contribution in [2.45, 2.75) is 24.7 Å². The van der Waals surface area contributed by atoms with Gasteiger partial charge in [-0.25, -0.2) is 8.42 Å². The highest BCUT2D eigenvalue weighted by Gasteiger charge is 2.20. The van der Waals surface area contributed by atoms with E-state index in [1.165, 1.54) is 24.3 Å². The van der Waals surface area contributed by atoms with Crippen molar-refractivity contribution in [3.8, 4) is 0 Å². The zero-order chi connectivity index (χ0) is 14.5. The van der Waals surface area contributed by atoms with Crippen LogP contribution in [0, 0.1) is 10.1 Å². The van der Waals surface area contributed by atoms with Gasteiger partial charge in [0.15, 0.2) is 0 Å². The molecule has 7 nitrogen and oxygen atoms in total. The number of carbonyl (C=O) groups is 1. The lowest BCUT2D eigenvalue weighted by Crippen LogP contribution is -2.15. The number of amides is 1. The van der Waals surface area contributed by atoms with Gasteiger partial charge in [-0.15, -0.1) is 0 Å². The second-order valence-corrected chi connectivity index (χ2v) is 5.86. The maximum absolute atomic E-state index is 11.5. The largest absolute Gasteiger partial charge is 0.326 e. The van der Waals surface area contributed by atoms with Crippen molar-refractivity contribution in [1.82, 2.24) is 0 Å². The second-order valence-electron chi connectivity index (χ2n) is 3.90. The molecule has 0 atom stereocenters. The van der Waals surface area contributed by atoms with Crippen molar-refractivity contribution in [3.05, 3.63) is 34.4 Å². The van der Waals surface area contributed by atoms with Gasteiger partial charge in [-0.05, 0) is 30.7 Å². The molecule has 0 unspecified atom stereocenters. The van der Waals surface area contributed by atoms with Gasteiger partial charge in [0.05, 0.1) is 4.90 Å². The molecule has 0 saturated carbocycles. The maximum atomic E-state index is 11.5. The van der Waals surface area contributed by atoms with Gasteiger partial charge >= 0.3 is 5.88 Å². The molecule has 1 aromatic rings. The van der Waals surface area contributed by atoms with Crippen molar-refractivity contribution < 1.29 is 18.1 Å². The molecule has 0 heterocycles. The highest BCUT2D eigenvalue weighted by Crippen LogP contribution is 2.15. The third kappa shape index (κ3) is 4.66. The van der Waals surface area contributed by atoms with Crippen molar-refractivity contribution >= 4 is 21.4 Å². The number of nitro groups is 1. The van der Waals surface area contributed by atoms with E-state index in [9.17, 15) is 23.3 Å². The molecule has 0 aliphatic heterocycles. The molecule has 0 saturated heterocycles. The van der Waals surface area contributed by atoms with Crippen LogP contribution in [0.3, 0.4) is 0 Å². The van der Waals surface area contributed by atoms with Gasteiger partial charge in [-0.1, -0.05) is 6.92 Å². The Morgan fingerprint density at radius 2 is 1.89 bits per heavy atom. The van der Waals surface area contributed by atoms with Gasteiger partial charge in [0.25, 0.3) is 0 Å². The summed E-state index contributed by atoms with van der Waals surface area (Å²) < 4.78 is 23.1. The molecule has 1 N–H and O–H groups in total. The number of rotatable bonds is 6. The highest BCUT2D eigenvalue weighted by molar-refractivity contribution is 7.91. The van der Waals surface area contributed by atoms with Crippen LogP contribution in [0.4, 0.5) is 5.69 Å². The van der Waals surface area contributed by atoms with Crippen LogP contribution in [0.2, 0.25) is 0 Å². The highest BCUT2D eigenvalue weighted by atomic mass is 32.2. The zero-order valence-corrected chi connectivity index (χ0v) is 11.1. The third-order valence-electron chi connectivity index (χ3n) is 2.25. The summed E-state index contributed by atoms with van der Waals surface area (Å²) in [4.78, 5) is 20.5. The Morgan fingerprint density at radius 3 is 2.37 bits per heavy atom. The summed E-state index contributed by atoms with van der Waals surface area (Å²) in [7, 11) is -3.93. The van der Waals surface area contributed by atoms with E-state index in [1.807, 2.05) is 6.92 Å². The van der Waals surface area contributed by atoms with Crippen LogP contribution in [-0.2, 0) is 14.6 Å². The zero-order valence-electron chi connectivity index (χ0n) is 10.3. The van der Waals surface area contributed by atoms with Crippen LogP contribution in [0.25, 0.3) is 0 Å². The summed E-state index contributed by atoms with van der Waals surface area (Å²) in [5.41, 5.74) is 0.457. The summed E-state index contributed by atoms with van der Waals surface area (Å²) in [5, 5.41) is 12.8. The second kappa shape index (κ2) is 6.28. The number of hydrogen-bond acceptors (Lipinski definition) is 5. The predicted octanol–water partition coefficient (Wildman–Crippen LogP) is 1.43. The quantitative estimate of drug-likeness (QED) is 0.629. The Labute approximate surface area is 110 Å². The first kappa shape index (κ1) is 15.1. The number of carbonyl (C=O) groups excluding carboxylic acids is 1. The van der Waals surface area contributed by atoms with Crippen molar-refractivity contribution in [1.29, 1.82) is 0 Å². The third-order valence-corrected chi connectivity index (χ3v) is 3.79. The minimum absolute atomic E-state index is 0.141. The van der Waals surface area contributed by atoms with Gasteiger partial charge in [0.1, 0.15) is 0 Å². The first-order valence-electron chi connectivity index (χ1n) is 5.59. The van der Waals surface area contributed by atoms with Crippen LogP contribution < -0.4 is 5.32 Å². The summed E-state index contributed by atoms with van der Waals surface area (Å²) in [6.45, 7) is 1.87. The Balaban J connectivity index is 2.82. The Hall–Kier alpha value is -1.96. The molecule has 0 aliphatic carbocycles. The average molecular weight is 286 g/mol. The van der Waals surface area contributed by atoms with E-state index in [0.29, 0.717) is 18.5 Å². The van der Waals surface area contributed by atoms with E-state index in [2.05, 4.69) is 5.32 Å². The average Bonchev–Trinajstić information content (AvgIpc) is 2.28. The molecule has 0 radical (unpaired) electrons. The summed E-state index contributed by atoms with van der Waals surface area (Å²) >= 11 is 0. The van der Waals surface area contributed by atoms with Crippen molar-refractivity contribution in [2.24, 2.45) is 0 Å². The smallest absolute Gasteiger partial charge is 0.305 e. The molecule has 0 fully saturated rings. The fourth-order valence-corrected chi connectivity index (χ4v) is 2.39. The molecule has 104 valence electrons. The van der Waals surface area contributed by atoms with Gasteiger partial charge in [0, 0.05) is 17.0 Å². The minimum atomic E-state index is -3.93. The van der Waals surface area contributed by atoms with E-state index in [4.69, 9.17) is 0 Å². The number of sulfone groups is 1. The van der Waals surface area contributed by atoms with Gasteiger partial charge in [0.2, 0.25) is 15.7 Å². The standard InChI is InChI=1S/C11H14N2O5S/c1-2-3-11(14)12-9-4-6-10(7-5-9)19(17,18)8-13(15)16/h4-7H,2-3,8H2,1H3,(H,12,14). The number of nitrogens with one attached hydrogen (secondary N) is 1. The lowest BCUT2D eigenvalue weighted by Gasteiger charge is -2.05. The molecule has 1 aromatic carbocycles. The van der Waals surface area contributed by atoms with Crippen LogP contribution >= 0.6 is 0 Å². The van der Waals surface area contributed by atoms with Crippen LogP contribution in [-0.4, -0.2) is 25.1 Å². The number of hydrogen-bond donors (Lipinski definition) is 1. The maximum Gasteiger partial charge on any atom is 0.305 e. The fraction of sp³-hybridized carbons (Fsp3) is 0.364. The van der Waals surface area contributed by atoms with Gasteiger partial charge in [-0.2, -0.15) is 0 Å². The van der Waals surface area contributed by atoms with Gasteiger partial charge < -0.3 is 5.32 Å².